The number of aromatic nitrogens is 3. The number of alkyl halides is 1. The van der Waals surface area contributed by atoms with Crippen LogP contribution in [0.2, 0.25) is 0 Å². The predicted octanol–water partition coefficient (Wildman–Crippen LogP) is 2.62. The zero-order chi connectivity index (χ0) is 21.9. The van der Waals surface area contributed by atoms with Crippen LogP contribution in [0.15, 0.2) is 5.51 Å². The Balaban J connectivity index is 1.28. The van der Waals surface area contributed by atoms with Gasteiger partial charge < -0.3 is 19.6 Å². The third kappa shape index (κ3) is 3.37. The van der Waals surface area contributed by atoms with Gasteiger partial charge in [-0.15, -0.1) is 11.3 Å². The third-order valence-corrected chi connectivity index (χ3v) is 8.37. The molecule has 2 aromatic heterocycles. The summed E-state index contributed by atoms with van der Waals surface area (Å²) in [5.41, 5.74) is 2.23. The van der Waals surface area contributed by atoms with Gasteiger partial charge in [0.2, 0.25) is 0 Å². The molecular formula is C21H27FN6O3S. The van der Waals surface area contributed by atoms with Crippen LogP contribution in [0.3, 0.4) is 0 Å². The lowest BCUT2D eigenvalue weighted by Gasteiger charge is -2.33. The van der Waals surface area contributed by atoms with Gasteiger partial charge in [0.25, 0.3) is 0 Å². The first kappa shape index (κ1) is 20.3. The number of carboxylic acid groups (broad SMARTS) is 1. The van der Waals surface area contributed by atoms with Crippen molar-refractivity contribution in [2.45, 2.75) is 49.9 Å². The first-order chi connectivity index (χ1) is 15.5. The van der Waals surface area contributed by atoms with Crippen molar-refractivity contribution in [3.8, 4) is 6.01 Å². The number of hydrogen-bond acceptors (Lipinski definition) is 8. The van der Waals surface area contributed by atoms with Crippen molar-refractivity contribution in [3.63, 3.8) is 0 Å². The Morgan fingerprint density at radius 3 is 3.06 bits per heavy atom. The van der Waals surface area contributed by atoms with E-state index in [-0.39, 0.29) is 17.5 Å². The third-order valence-electron chi connectivity index (χ3n) is 7.65. The number of halogens is 1. The van der Waals surface area contributed by atoms with Crippen LogP contribution in [0.1, 0.15) is 32.1 Å². The van der Waals surface area contributed by atoms with E-state index in [1.165, 1.54) is 11.3 Å². The standard InChI is InChI=1S/C21H27FN6O3S/c22-14-6-21(4-1-5-27(21)9-14)11-31-19-24-17(16-18(25-19)32-12-23-16)26-7-13-2-3-15(10-26)28(8-13)20(29)30/h12-15H,1-11H2,(H,29,30)/t13-,14+,15+,21-/m0/s1. The van der Waals surface area contributed by atoms with E-state index < -0.39 is 12.3 Å². The highest BCUT2D eigenvalue weighted by molar-refractivity contribution is 7.16. The lowest BCUT2D eigenvalue weighted by molar-refractivity contribution is 0.101. The summed E-state index contributed by atoms with van der Waals surface area (Å²) in [6, 6.07) is 0.247. The van der Waals surface area contributed by atoms with E-state index in [4.69, 9.17) is 9.72 Å². The van der Waals surface area contributed by atoms with Crippen LogP contribution < -0.4 is 9.64 Å². The average molecular weight is 463 g/mol. The van der Waals surface area contributed by atoms with Gasteiger partial charge in [0.15, 0.2) is 10.6 Å². The van der Waals surface area contributed by atoms with Crippen molar-refractivity contribution >= 4 is 33.6 Å². The topological polar surface area (TPSA) is 94.9 Å². The second-order valence-electron chi connectivity index (χ2n) is 9.64. The van der Waals surface area contributed by atoms with E-state index in [0.717, 1.165) is 49.1 Å². The number of fused-ring (bicyclic) bond motifs is 6. The maximum Gasteiger partial charge on any atom is 0.407 e. The minimum Gasteiger partial charge on any atom is -0.465 e. The molecule has 7 rings (SSSR count). The Morgan fingerprint density at radius 2 is 2.19 bits per heavy atom. The van der Waals surface area contributed by atoms with Crippen LogP contribution in [0.5, 0.6) is 6.01 Å². The molecular weight excluding hydrogens is 435 g/mol. The second-order valence-corrected chi connectivity index (χ2v) is 10.5. The largest absolute Gasteiger partial charge is 0.465 e. The van der Waals surface area contributed by atoms with Crippen molar-refractivity contribution in [2.75, 3.05) is 44.2 Å². The number of piperidine rings is 1. The number of carbonyl (C=O) groups is 1. The molecule has 5 aliphatic rings. The molecule has 7 heterocycles. The fourth-order valence-electron chi connectivity index (χ4n) is 6.15. The molecule has 2 aromatic rings. The smallest absolute Gasteiger partial charge is 0.407 e. The molecule has 1 N–H and O–H groups in total. The number of amides is 1. The molecule has 172 valence electrons. The molecule has 2 bridgehead atoms. The summed E-state index contributed by atoms with van der Waals surface area (Å²) in [4.78, 5) is 32.3. The molecule has 9 nitrogen and oxygen atoms in total. The SMILES string of the molecule is O=C(O)N1C[C@H]2CC[C@@H]1CN(c1nc(OC[C@@]34CCCN3C[C@H](F)C4)nc3scnc13)C2. The number of nitrogens with zero attached hydrogens (tertiary/aromatic N) is 6. The number of rotatable bonds is 4. The maximum atomic E-state index is 14.1. The van der Waals surface area contributed by atoms with Gasteiger partial charge in [0.05, 0.1) is 17.1 Å². The summed E-state index contributed by atoms with van der Waals surface area (Å²) < 4.78 is 20.2. The van der Waals surface area contributed by atoms with Crippen molar-refractivity contribution in [3.05, 3.63) is 5.51 Å². The normalized spacial score (nSPS) is 32.5. The van der Waals surface area contributed by atoms with Gasteiger partial charge in [-0.25, -0.2) is 14.2 Å². The summed E-state index contributed by atoms with van der Waals surface area (Å²) in [7, 11) is 0. The molecule has 0 aliphatic carbocycles. The van der Waals surface area contributed by atoms with Crippen LogP contribution in [0.4, 0.5) is 15.0 Å². The molecule has 0 radical (unpaired) electrons. The number of anilines is 1. The minimum atomic E-state index is -0.852. The van der Waals surface area contributed by atoms with Crippen molar-refractivity contribution < 1.29 is 19.0 Å². The molecule has 11 heteroatoms. The van der Waals surface area contributed by atoms with Gasteiger partial charge in [0, 0.05) is 32.6 Å². The van der Waals surface area contributed by atoms with Crippen LogP contribution in [-0.2, 0) is 0 Å². The molecule has 0 spiro atoms. The van der Waals surface area contributed by atoms with Crippen LogP contribution in [-0.4, -0.2) is 93.0 Å². The van der Waals surface area contributed by atoms with E-state index in [1.54, 1.807) is 10.4 Å². The summed E-state index contributed by atoms with van der Waals surface area (Å²) in [5.74, 6) is 0.981. The monoisotopic (exact) mass is 462 g/mol. The van der Waals surface area contributed by atoms with Crippen LogP contribution in [0, 0.1) is 5.92 Å². The molecule has 4 atom stereocenters. The highest BCUT2D eigenvalue weighted by atomic mass is 32.1. The minimum absolute atomic E-state index is 0.0508. The summed E-state index contributed by atoms with van der Waals surface area (Å²) in [6.07, 6.45) is 2.73. The predicted molar refractivity (Wildman–Crippen MR) is 117 cm³/mol. The lowest BCUT2D eigenvalue weighted by atomic mass is 9.95. The van der Waals surface area contributed by atoms with Gasteiger partial charge in [-0.1, -0.05) is 0 Å². The maximum absolute atomic E-state index is 14.1. The van der Waals surface area contributed by atoms with E-state index >= 15 is 0 Å². The van der Waals surface area contributed by atoms with Gasteiger partial charge in [-0.05, 0) is 38.1 Å². The van der Waals surface area contributed by atoms with Gasteiger partial charge in [-0.3, -0.25) is 4.90 Å². The highest BCUT2D eigenvalue weighted by Crippen LogP contribution is 2.40. The van der Waals surface area contributed by atoms with Crippen LogP contribution >= 0.6 is 11.3 Å². The summed E-state index contributed by atoms with van der Waals surface area (Å²) in [6.45, 7) is 3.68. The zero-order valence-electron chi connectivity index (χ0n) is 17.8. The summed E-state index contributed by atoms with van der Waals surface area (Å²) >= 11 is 1.44. The first-order valence-electron chi connectivity index (χ1n) is 11.4. The van der Waals surface area contributed by atoms with E-state index in [9.17, 15) is 14.3 Å². The van der Waals surface area contributed by atoms with Gasteiger partial charge in [-0.2, -0.15) is 9.97 Å². The molecule has 1 amide bonds. The fourth-order valence-corrected chi connectivity index (χ4v) is 6.79. The van der Waals surface area contributed by atoms with Gasteiger partial charge >= 0.3 is 12.1 Å². The average Bonchev–Trinajstić information content (AvgIpc) is 3.38. The highest BCUT2D eigenvalue weighted by Gasteiger charge is 2.49. The Kier molecular flexibility index (Phi) is 4.87. The molecule has 0 unspecified atom stereocenters. The number of hydrogen-bond donors (Lipinski definition) is 1. The summed E-state index contributed by atoms with van der Waals surface area (Å²) in [5, 5.41) is 9.61. The number of ether oxygens (including phenoxy) is 1. The van der Waals surface area contributed by atoms with Crippen molar-refractivity contribution in [1.82, 2.24) is 24.8 Å². The van der Waals surface area contributed by atoms with E-state index in [0.29, 0.717) is 44.5 Å². The first-order valence-corrected chi connectivity index (χ1v) is 12.3. The quantitative estimate of drug-likeness (QED) is 0.741. The number of thiazole rings is 1. The molecule has 32 heavy (non-hydrogen) atoms. The Bertz CT molecular complexity index is 1040. The Hall–Kier alpha value is -2.27. The Morgan fingerprint density at radius 1 is 1.28 bits per heavy atom. The molecule has 5 fully saturated rings. The fraction of sp³-hybridized carbons (Fsp3) is 0.714. The molecule has 5 aliphatic heterocycles. The Labute approximate surface area is 189 Å². The van der Waals surface area contributed by atoms with E-state index in [1.807, 2.05) is 0 Å². The van der Waals surface area contributed by atoms with E-state index in [2.05, 4.69) is 19.8 Å². The van der Waals surface area contributed by atoms with Crippen molar-refractivity contribution in [1.29, 1.82) is 0 Å². The van der Waals surface area contributed by atoms with Crippen molar-refractivity contribution in [2.24, 2.45) is 5.92 Å². The van der Waals surface area contributed by atoms with Gasteiger partial charge in [0.1, 0.15) is 18.3 Å². The molecule has 0 aromatic carbocycles. The zero-order valence-corrected chi connectivity index (χ0v) is 18.6. The van der Waals surface area contributed by atoms with Crippen LogP contribution in [0.25, 0.3) is 10.3 Å². The molecule has 5 saturated heterocycles. The lowest BCUT2D eigenvalue weighted by Crippen LogP contribution is -2.46. The second kappa shape index (κ2) is 7.65. The molecule has 0 saturated carbocycles.